The van der Waals surface area contributed by atoms with Crippen LogP contribution in [0.15, 0.2) is 49.1 Å². The third kappa shape index (κ3) is 4.86. The van der Waals surface area contributed by atoms with Crippen molar-refractivity contribution in [3.8, 4) is 5.75 Å². The van der Waals surface area contributed by atoms with Crippen LogP contribution >= 0.6 is 0 Å². The second kappa shape index (κ2) is 8.68. The molecule has 10 heteroatoms. The molecule has 1 unspecified atom stereocenters. The Kier molecular flexibility index (Phi) is 7.30. The molecule has 1 N–H and O–H groups in total. The molecule has 156 valence electrons. The van der Waals surface area contributed by atoms with E-state index >= 15 is 0 Å². The molecule has 0 aliphatic carbocycles. The normalized spacial score (nSPS) is 13.6. The van der Waals surface area contributed by atoms with Crippen molar-refractivity contribution in [2.24, 2.45) is 0 Å². The minimum absolute atomic E-state index is 0.0854. The van der Waals surface area contributed by atoms with Crippen LogP contribution in [0.4, 0.5) is 26.3 Å². The number of ether oxygens (including phenoxy) is 2. The molecule has 0 saturated carbocycles. The van der Waals surface area contributed by atoms with Crippen LogP contribution in [0.5, 0.6) is 5.75 Å². The second-order valence-electron chi connectivity index (χ2n) is 5.85. The van der Waals surface area contributed by atoms with E-state index in [1.165, 1.54) is 0 Å². The summed E-state index contributed by atoms with van der Waals surface area (Å²) in [4.78, 5) is 10.9. The van der Waals surface area contributed by atoms with Gasteiger partial charge in [0.15, 0.2) is 0 Å². The van der Waals surface area contributed by atoms with Gasteiger partial charge in [-0.1, -0.05) is 30.9 Å². The lowest BCUT2D eigenvalue weighted by molar-refractivity contribution is -0.289. The summed E-state index contributed by atoms with van der Waals surface area (Å²) in [7, 11) is 0. The first kappa shape index (κ1) is 23.5. The van der Waals surface area contributed by atoms with Gasteiger partial charge >= 0.3 is 18.3 Å². The van der Waals surface area contributed by atoms with Crippen molar-refractivity contribution in [2.45, 2.75) is 30.8 Å². The van der Waals surface area contributed by atoms with Crippen LogP contribution in [0, 0.1) is 0 Å². The Morgan fingerprint density at radius 1 is 1.11 bits per heavy atom. The second-order valence-corrected chi connectivity index (χ2v) is 5.85. The molecular formula is C18H18F6O4. The van der Waals surface area contributed by atoms with E-state index in [1.807, 2.05) is 0 Å². The number of carbonyl (C=O) groups is 1. The summed E-state index contributed by atoms with van der Waals surface area (Å²) in [6.45, 7) is 5.88. The Bertz CT molecular complexity index is 692. The van der Waals surface area contributed by atoms with E-state index < -0.39 is 54.2 Å². The molecule has 0 bridgehead atoms. The zero-order valence-electron chi connectivity index (χ0n) is 14.7. The number of aliphatic hydroxyl groups is 1. The highest BCUT2D eigenvalue weighted by atomic mass is 19.4. The molecule has 0 heterocycles. The van der Waals surface area contributed by atoms with Crippen LogP contribution in [0.1, 0.15) is 12.5 Å². The maximum Gasteiger partial charge on any atom is 0.410 e. The molecule has 1 atom stereocenters. The number of benzene rings is 1. The monoisotopic (exact) mass is 412 g/mol. The number of hydrogen-bond donors (Lipinski definition) is 1. The van der Waals surface area contributed by atoms with Crippen molar-refractivity contribution in [2.75, 3.05) is 13.2 Å². The molecule has 0 aliphatic rings. The van der Waals surface area contributed by atoms with Gasteiger partial charge in [-0.15, -0.1) is 0 Å². The lowest BCUT2D eigenvalue weighted by Crippen LogP contribution is -2.54. The van der Waals surface area contributed by atoms with Gasteiger partial charge in [0.2, 0.25) is 5.41 Å². The van der Waals surface area contributed by atoms with Crippen LogP contribution < -0.4 is 4.74 Å². The Balaban J connectivity index is 3.02. The van der Waals surface area contributed by atoms with Crippen LogP contribution in [0.3, 0.4) is 0 Å². The largest absolute Gasteiger partial charge is 0.491 e. The van der Waals surface area contributed by atoms with E-state index in [0.717, 1.165) is 18.2 Å². The molecule has 0 aromatic heterocycles. The standard InChI is InChI=1S/C18H18F6O4/c1-4-15(26)28-10-13(25)9-27-14-7-5-12(6-8-14)16(11(2)3,17(19,20)21)18(22,23)24/h4-8,13,25H,1-2,9-10H2,3H3. The summed E-state index contributed by atoms with van der Waals surface area (Å²) in [5, 5.41) is 9.58. The summed E-state index contributed by atoms with van der Waals surface area (Å²) in [6, 6.07) is 3.09. The highest BCUT2D eigenvalue weighted by Crippen LogP contribution is 2.55. The van der Waals surface area contributed by atoms with Gasteiger partial charge < -0.3 is 14.6 Å². The van der Waals surface area contributed by atoms with Crippen molar-refractivity contribution < 1.29 is 45.7 Å². The maximum atomic E-state index is 13.4. The van der Waals surface area contributed by atoms with E-state index in [0.29, 0.717) is 19.1 Å². The number of rotatable bonds is 8. The number of carbonyl (C=O) groups excluding carboxylic acids is 1. The number of alkyl halides is 6. The number of aliphatic hydroxyl groups excluding tert-OH is 1. The zero-order valence-corrected chi connectivity index (χ0v) is 14.7. The average Bonchev–Trinajstić information content (AvgIpc) is 2.56. The maximum absolute atomic E-state index is 13.4. The fraction of sp³-hybridized carbons (Fsp3) is 0.389. The van der Waals surface area contributed by atoms with Gasteiger partial charge in [0.05, 0.1) is 0 Å². The predicted octanol–water partition coefficient (Wildman–Crippen LogP) is 4.09. The molecule has 4 nitrogen and oxygen atoms in total. The van der Waals surface area contributed by atoms with E-state index in [4.69, 9.17) is 4.74 Å². The van der Waals surface area contributed by atoms with Gasteiger partial charge in [-0.25, -0.2) is 4.79 Å². The lowest BCUT2D eigenvalue weighted by atomic mass is 9.73. The molecule has 28 heavy (non-hydrogen) atoms. The van der Waals surface area contributed by atoms with Gasteiger partial charge in [0.1, 0.15) is 25.1 Å². The molecule has 1 aromatic rings. The molecule has 0 spiro atoms. The first-order valence-electron chi connectivity index (χ1n) is 7.77. The minimum atomic E-state index is -5.66. The topological polar surface area (TPSA) is 55.8 Å². The van der Waals surface area contributed by atoms with E-state index in [-0.39, 0.29) is 5.75 Å². The van der Waals surface area contributed by atoms with Crippen molar-refractivity contribution in [1.29, 1.82) is 0 Å². The molecule has 1 rings (SSSR count). The third-order valence-electron chi connectivity index (χ3n) is 3.80. The van der Waals surface area contributed by atoms with Crippen LogP contribution in [-0.4, -0.2) is 42.7 Å². The number of esters is 1. The van der Waals surface area contributed by atoms with Crippen molar-refractivity contribution in [1.82, 2.24) is 0 Å². The van der Waals surface area contributed by atoms with Crippen LogP contribution in [0.25, 0.3) is 0 Å². The summed E-state index contributed by atoms with van der Waals surface area (Å²) in [5.74, 6) is -0.864. The Morgan fingerprint density at radius 2 is 1.61 bits per heavy atom. The van der Waals surface area contributed by atoms with Crippen LogP contribution in [0.2, 0.25) is 0 Å². The zero-order chi connectivity index (χ0) is 21.8. The van der Waals surface area contributed by atoms with Gasteiger partial charge in [-0.05, 0) is 24.6 Å². The van der Waals surface area contributed by atoms with Crippen molar-refractivity contribution in [3.63, 3.8) is 0 Å². The molecular weight excluding hydrogens is 394 g/mol. The predicted molar refractivity (Wildman–Crippen MR) is 87.7 cm³/mol. The summed E-state index contributed by atoms with van der Waals surface area (Å²) < 4.78 is 90.3. The Morgan fingerprint density at radius 3 is 2.00 bits per heavy atom. The van der Waals surface area contributed by atoms with Gasteiger partial charge in [-0.2, -0.15) is 26.3 Å². The summed E-state index contributed by atoms with van der Waals surface area (Å²) >= 11 is 0. The Hall–Kier alpha value is -2.49. The fourth-order valence-corrected chi connectivity index (χ4v) is 2.50. The molecule has 0 saturated heterocycles. The quantitative estimate of drug-likeness (QED) is 0.302. The van der Waals surface area contributed by atoms with Crippen molar-refractivity contribution >= 4 is 5.97 Å². The van der Waals surface area contributed by atoms with E-state index in [2.05, 4.69) is 17.9 Å². The van der Waals surface area contributed by atoms with Crippen LogP contribution in [-0.2, 0) is 14.9 Å². The fourth-order valence-electron chi connectivity index (χ4n) is 2.50. The summed E-state index contributed by atoms with van der Waals surface area (Å²) in [6.07, 6.45) is -11.7. The molecule has 0 amide bonds. The highest BCUT2D eigenvalue weighted by Gasteiger charge is 2.72. The number of hydrogen-bond acceptors (Lipinski definition) is 4. The SMILES string of the molecule is C=CC(=O)OCC(O)COc1ccc(C(C(=C)C)(C(F)(F)F)C(F)(F)F)cc1. The molecule has 0 aliphatic heterocycles. The van der Waals surface area contributed by atoms with E-state index in [9.17, 15) is 36.2 Å². The third-order valence-corrected chi connectivity index (χ3v) is 3.80. The van der Waals surface area contributed by atoms with Gasteiger partial charge in [-0.3, -0.25) is 0 Å². The van der Waals surface area contributed by atoms with E-state index in [1.54, 1.807) is 0 Å². The Labute approximate surface area is 157 Å². The average molecular weight is 412 g/mol. The van der Waals surface area contributed by atoms with Crippen molar-refractivity contribution in [3.05, 3.63) is 54.6 Å². The first-order chi connectivity index (χ1) is 12.8. The number of halogens is 6. The summed E-state index contributed by atoms with van der Waals surface area (Å²) in [5.41, 5.74) is -6.41. The first-order valence-corrected chi connectivity index (χ1v) is 7.77. The molecule has 0 radical (unpaired) electrons. The smallest absolute Gasteiger partial charge is 0.410 e. The lowest BCUT2D eigenvalue weighted by Gasteiger charge is -2.38. The van der Waals surface area contributed by atoms with Gasteiger partial charge in [0.25, 0.3) is 0 Å². The minimum Gasteiger partial charge on any atom is -0.491 e. The molecule has 0 fully saturated rings. The van der Waals surface area contributed by atoms with Gasteiger partial charge in [0, 0.05) is 6.08 Å². The molecule has 1 aromatic carbocycles. The number of allylic oxidation sites excluding steroid dienone is 1. The highest BCUT2D eigenvalue weighted by molar-refractivity contribution is 5.81.